The van der Waals surface area contributed by atoms with Gasteiger partial charge in [0.1, 0.15) is 33.6 Å². The Morgan fingerprint density at radius 1 is 1.03 bits per heavy atom. The summed E-state index contributed by atoms with van der Waals surface area (Å²) in [6.45, 7) is 2.53. The number of ether oxygens (including phenoxy) is 1. The molecular weight excluding hydrogens is 430 g/mol. The molecule has 0 radical (unpaired) electrons. The molecule has 0 aliphatic heterocycles. The summed E-state index contributed by atoms with van der Waals surface area (Å²) < 4.78 is 5.85. The van der Waals surface area contributed by atoms with Crippen molar-refractivity contribution in [2.24, 2.45) is 0 Å². The molecule has 6 nitrogen and oxygen atoms in total. The third kappa shape index (κ3) is 4.57. The minimum atomic E-state index is 0.562. The maximum Gasteiger partial charge on any atom is 0.146 e. The summed E-state index contributed by atoms with van der Waals surface area (Å²) in [5.74, 6) is 1.44. The fourth-order valence-corrected chi connectivity index (χ4v) is 5.11. The zero-order valence-electron chi connectivity index (χ0n) is 18.6. The monoisotopic (exact) mass is 455 g/mol. The lowest BCUT2D eigenvalue weighted by molar-refractivity contribution is 0.337. The second-order valence-electron chi connectivity index (χ2n) is 8.12. The first-order chi connectivity index (χ1) is 16.2. The van der Waals surface area contributed by atoms with E-state index in [0.717, 1.165) is 51.6 Å². The number of pyridine rings is 1. The Kier molecular flexibility index (Phi) is 6.27. The fourth-order valence-electron chi connectivity index (χ4n) is 4.19. The van der Waals surface area contributed by atoms with Crippen LogP contribution in [0.1, 0.15) is 48.6 Å². The summed E-state index contributed by atoms with van der Waals surface area (Å²) in [6, 6.07) is 18.3. The molecule has 0 fully saturated rings. The first-order valence-corrected chi connectivity index (χ1v) is 12.4. The lowest BCUT2D eigenvalue weighted by Gasteiger charge is -2.12. The molecule has 0 N–H and O–H groups in total. The Bertz CT molecular complexity index is 1310. The molecule has 2 aromatic carbocycles. The van der Waals surface area contributed by atoms with Crippen LogP contribution in [0.5, 0.6) is 5.75 Å². The van der Waals surface area contributed by atoms with Gasteiger partial charge in [-0.1, -0.05) is 24.6 Å². The number of rotatable bonds is 6. The molecule has 166 valence electrons. The van der Waals surface area contributed by atoms with Gasteiger partial charge in [-0.15, -0.1) is 26.8 Å². The minimum absolute atomic E-state index is 0.562. The Hall–Kier alpha value is -3.37. The van der Waals surface area contributed by atoms with Crippen LogP contribution in [0.3, 0.4) is 0 Å². The van der Waals surface area contributed by atoms with E-state index in [9.17, 15) is 5.26 Å². The third-order valence-corrected chi connectivity index (χ3v) is 6.90. The molecule has 0 unspecified atom stereocenters. The maximum absolute atomic E-state index is 9.71. The molecule has 2 heterocycles. The molecule has 5 rings (SSSR count). The number of nitrogens with zero attached hydrogens (tertiary/aromatic N) is 5. The van der Waals surface area contributed by atoms with Gasteiger partial charge < -0.3 is 4.74 Å². The van der Waals surface area contributed by atoms with E-state index >= 15 is 0 Å². The molecule has 0 saturated carbocycles. The van der Waals surface area contributed by atoms with E-state index < -0.39 is 0 Å². The molecule has 4 aromatic rings. The highest BCUT2D eigenvalue weighted by Crippen LogP contribution is 2.31. The molecule has 1 aliphatic rings. The number of hydrogen-bond donors (Lipinski definition) is 0. The normalized spacial score (nSPS) is 13.3. The lowest BCUT2D eigenvalue weighted by Crippen LogP contribution is -2.04. The zero-order chi connectivity index (χ0) is 22.6. The van der Waals surface area contributed by atoms with Crippen molar-refractivity contribution in [1.29, 1.82) is 5.26 Å². The minimum Gasteiger partial charge on any atom is -0.492 e. The van der Waals surface area contributed by atoms with E-state index in [1.807, 2.05) is 37.3 Å². The molecule has 0 atom stereocenters. The van der Waals surface area contributed by atoms with Crippen LogP contribution in [0.4, 0.5) is 0 Å². The molecule has 7 heteroatoms. The van der Waals surface area contributed by atoms with Crippen molar-refractivity contribution >= 4 is 22.8 Å². The Balaban J connectivity index is 1.44. The summed E-state index contributed by atoms with van der Waals surface area (Å²) in [4.78, 5) is 6.55. The Morgan fingerprint density at radius 3 is 2.58 bits per heavy atom. The second-order valence-corrected chi connectivity index (χ2v) is 9.09. The van der Waals surface area contributed by atoms with E-state index in [1.165, 1.54) is 24.8 Å². The van der Waals surface area contributed by atoms with Crippen LogP contribution in [0.25, 0.3) is 16.7 Å². The average molecular weight is 456 g/mol. The van der Waals surface area contributed by atoms with Gasteiger partial charge in [0.15, 0.2) is 0 Å². The van der Waals surface area contributed by atoms with Crippen molar-refractivity contribution in [2.45, 2.75) is 49.8 Å². The van der Waals surface area contributed by atoms with E-state index in [0.29, 0.717) is 17.9 Å². The van der Waals surface area contributed by atoms with Crippen molar-refractivity contribution in [3.05, 3.63) is 70.9 Å². The van der Waals surface area contributed by atoms with Crippen LogP contribution in [0.15, 0.2) is 53.6 Å². The molecule has 0 spiro atoms. The van der Waals surface area contributed by atoms with Gasteiger partial charge in [0.05, 0.1) is 12.2 Å². The predicted octanol–water partition coefficient (Wildman–Crippen LogP) is 5.65. The van der Waals surface area contributed by atoms with Crippen molar-refractivity contribution < 1.29 is 4.74 Å². The van der Waals surface area contributed by atoms with Crippen LogP contribution in [-0.4, -0.2) is 26.6 Å². The highest BCUT2D eigenvalue weighted by atomic mass is 32.2. The standard InChI is InChI=1S/C26H25N5OS/c1-2-32-25-13-12-18(14-24(25)31-29-22-10-6-7-11-23(22)30-31)17-33-26-20(16-27)15-19-8-4-3-5-9-21(19)28-26/h6-7,10-15H,2-5,8-9,17H2,1H3. The van der Waals surface area contributed by atoms with Crippen LogP contribution < -0.4 is 4.74 Å². The summed E-state index contributed by atoms with van der Waals surface area (Å²) in [6.07, 6.45) is 5.60. The van der Waals surface area contributed by atoms with Crippen molar-refractivity contribution in [3.63, 3.8) is 0 Å². The Morgan fingerprint density at radius 2 is 1.82 bits per heavy atom. The summed E-state index contributed by atoms with van der Waals surface area (Å²) >= 11 is 1.61. The van der Waals surface area contributed by atoms with Gasteiger partial charge in [0, 0.05) is 11.4 Å². The molecule has 0 bridgehead atoms. The number of aryl methyl sites for hydroxylation is 2. The smallest absolute Gasteiger partial charge is 0.146 e. The van der Waals surface area contributed by atoms with Gasteiger partial charge in [-0.2, -0.15) is 5.26 Å². The van der Waals surface area contributed by atoms with Crippen LogP contribution in [0.2, 0.25) is 0 Å². The average Bonchev–Trinajstić information content (AvgIpc) is 3.14. The van der Waals surface area contributed by atoms with E-state index in [4.69, 9.17) is 9.72 Å². The van der Waals surface area contributed by atoms with Crippen LogP contribution in [0, 0.1) is 11.3 Å². The van der Waals surface area contributed by atoms with Crippen LogP contribution in [-0.2, 0) is 18.6 Å². The van der Waals surface area contributed by atoms with Gasteiger partial charge >= 0.3 is 0 Å². The van der Waals surface area contributed by atoms with Gasteiger partial charge in [-0.05, 0) is 74.1 Å². The number of fused-ring (bicyclic) bond motifs is 2. The van der Waals surface area contributed by atoms with E-state index in [-0.39, 0.29) is 0 Å². The summed E-state index contributed by atoms with van der Waals surface area (Å²) in [5.41, 5.74) is 6.66. The molecular formula is C26H25N5OS. The third-order valence-electron chi connectivity index (χ3n) is 5.84. The van der Waals surface area contributed by atoms with Gasteiger partial charge in [0.2, 0.25) is 0 Å². The largest absolute Gasteiger partial charge is 0.492 e. The van der Waals surface area contributed by atoms with E-state index in [1.54, 1.807) is 16.6 Å². The Labute approximate surface area is 197 Å². The van der Waals surface area contributed by atoms with Crippen molar-refractivity contribution in [3.8, 4) is 17.5 Å². The number of hydrogen-bond acceptors (Lipinski definition) is 6. The second kappa shape index (κ2) is 9.63. The number of benzene rings is 2. The molecule has 2 aromatic heterocycles. The summed E-state index contributed by atoms with van der Waals surface area (Å²) in [5, 5.41) is 19.8. The summed E-state index contributed by atoms with van der Waals surface area (Å²) in [7, 11) is 0. The molecule has 0 amide bonds. The molecule has 0 saturated heterocycles. The lowest BCUT2D eigenvalue weighted by atomic mass is 10.1. The van der Waals surface area contributed by atoms with Crippen molar-refractivity contribution in [2.75, 3.05) is 6.61 Å². The highest BCUT2D eigenvalue weighted by molar-refractivity contribution is 7.98. The molecule has 1 aliphatic carbocycles. The van der Waals surface area contributed by atoms with E-state index in [2.05, 4.69) is 34.5 Å². The van der Waals surface area contributed by atoms with Gasteiger partial charge in [0.25, 0.3) is 0 Å². The first-order valence-electron chi connectivity index (χ1n) is 11.4. The van der Waals surface area contributed by atoms with Crippen LogP contribution >= 0.6 is 11.8 Å². The number of nitriles is 1. The zero-order valence-corrected chi connectivity index (χ0v) is 19.4. The SMILES string of the molecule is CCOc1ccc(CSc2nc3c(cc2C#N)CCCCC3)cc1-n1nc2ccccc2n1. The first kappa shape index (κ1) is 21.5. The fraction of sp³-hybridized carbons (Fsp3) is 0.308. The quantitative estimate of drug-likeness (QED) is 0.276. The van der Waals surface area contributed by atoms with Gasteiger partial charge in [-0.25, -0.2) is 4.98 Å². The highest BCUT2D eigenvalue weighted by Gasteiger charge is 2.16. The topological polar surface area (TPSA) is 76.6 Å². The number of thioether (sulfide) groups is 1. The number of aromatic nitrogens is 4. The predicted molar refractivity (Wildman–Crippen MR) is 130 cm³/mol. The van der Waals surface area contributed by atoms with Gasteiger partial charge in [-0.3, -0.25) is 0 Å². The van der Waals surface area contributed by atoms with Crippen molar-refractivity contribution in [1.82, 2.24) is 20.0 Å². The maximum atomic E-state index is 9.71. The molecule has 33 heavy (non-hydrogen) atoms.